The molecule has 2 aliphatic rings. The van der Waals surface area contributed by atoms with E-state index in [9.17, 15) is 4.79 Å². The number of amides is 1. The zero-order chi connectivity index (χ0) is 12.8. The third kappa shape index (κ3) is 1.73. The van der Waals surface area contributed by atoms with Crippen LogP contribution in [0.25, 0.3) is 10.8 Å². The number of carbonyl (C=O) groups is 1. The van der Waals surface area contributed by atoms with Crippen molar-refractivity contribution in [1.82, 2.24) is 5.32 Å². The van der Waals surface area contributed by atoms with Crippen molar-refractivity contribution in [1.29, 1.82) is 0 Å². The Kier molecular flexibility index (Phi) is 2.35. The summed E-state index contributed by atoms with van der Waals surface area (Å²) in [5.74, 6) is 0.143. The van der Waals surface area contributed by atoms with E-state index in [0.29, 0.717) is 6.04 Å². The Hall–Kier alpha value is -1.87. The van der Waals surface area contributed by atoms with Gasteiger partial charge in [0.15, 0.2) is 0 Å². The molecule has 1 fully saturated rings. The fraction of sp³-hybridized carbons (Fsp3) is 0.312. The van der Waals surface area contributed by atoms with E-state index in [1.165, 1.54) is 12.8 Å². The lowest BCUT2D eigenvalue weighted by molar-refractivity contribution is 0.0993. The first-order valence-corrected chi connectivity index (χ1v) is 6.91. The van der Waals surface area contributed by atoms with Crippen molar-refractivity contribution < 1.29 is 4.79 Å². The zero-order valence-electron chi connectivity index (χ0n) is 10.7. The molecule has 1 aliphatic carbocycles. The Balaban J connectivity index is 1.67. The number of nitrogens with one attached hydrogen (secondary N) is 1. The van der Waals surface area contributed by atoms with Crippen molar-refractivity contribution in [3.8, 4) is 0 Å². The van der Waals surface area contributed by atoms with Crippen LogP contribution in [0.5, 0.6) is 0 Å². The van der Waals surface area contributed by atoms with Crippen LogP contribution in [-0.4, -0.2) is 25.0 Å². The van der Waals surface area contributed by atoms with Crippen LogP contribution in [0, 0.1) is 0 Å². The molecule has 2 aromatic carbocycles. The molecular weight excluding hydrogens is 236 g/mol. The second-order valence-electron chi connectivity index (χ2n) is 5.37. The van der Waals surface area contributed by atoms with Gasteiger partial charge in [-0.2, -0.15) is 0 Å². The number of hydrogen-bond donors (Lipinski definition) is 1. The minimum atomic E-state index is 0.143. The molecule has 0 aromatic heterocycles. The van der Waals surface area contributed by atoms with Gasteiger partial charge in [0.1, 0.15) is 0 Å². The third-order valence-corrected chi connectivity index (χ3v) is 3.99. The Morgan fingerprint density at radius 3 is 2.74 bits per heavy atom. The quantitative estimate of drug-likeness (QED) is 0.907. The third-order valence-electron chi connectivity index (χ3n) is 3.99. The molecule has 0 radical (unpaired) electrons. The maximum Gasteiger partial charge on any atom is 0.259 e. The smallest absolute Gasteiger partial charge is 0.259 e. The van der Waals surface area contributed by atoms with Crippen molar-refractivity contribution >= 4 is 22.4 Å². The number of benzene rings is 2. The SMILES string of the molecule is O=C1c2cccc3cccc(c23)N1CCNC1CC1. The van der Waals surface area contributed by atoms with Gasteiger partial charge in [0.25, 0.3) is 5.91 Å². The van der Waals surface area contributed by atoms with Gasteiger partial charge < -0.3 is 10.2 Å². The van der Waals surface area contributed by atoms with Crippen LogP contribution in [0.15, 0.2) is 36.4 Å². The molecule has 1 saturated carbocycles. The summed E-state index contributed by atoms with van der Waals surface area (Å²) in [5, 5.41) is 5.74. The van der Waals surface area contributed by atoms with Gasteiger partial charge in [-0.1, -0.05) is 24.3 Å². The van der Waals surface area contributed by atoms with Crippen LogP contribution in [0.3, 0.4) is 0 Å². The van der Waals surface area contributed by atoms with E-state index >= 15 is 0 Å². The molecule has 19 heavy (non-hydrogen) atoms. The van der Waals surface area contributed by atoms with E-state index < -0.39 is 0 Å². The molecule has 96 valence electrons. The van der Waals surface area contributed by atoms with E-state index in [0.717, 1.165) is 35.1 Å². The lowest BCUT2D eigenvalue weighted by Crippen LogP contribution is -2.35. The van der Waals surface area contributed by atoms with Gasteiger partial charge >= 0.3 is 0 Å². The topological polar surface area (TPSA) is 32.3 Å². The highest BCUT2D eigenvalue weighted by molar-refractivity contribution is 6.24. The number of nitrogens with zero attached hydrogens (tertiary/aromatic N) is 1. The van der Waals surface area contributed by atoms with Crippen LogP contribution < -0.4 is 10.2 Å². The second kappa shape index (κ2) is 4.07. The first-order chi connectivity index (χ1) is 9.34. The predicted molar refractivity (Wildman–Crippen MR) is 76.6 cm³/mol. The molecule has 0 spiro atoms. The van der Waals surface area contributed by atoms with Crippen molar-refractivity contribution in [2.24, 2.45) is 0 Å². The summed E-state index contributed by atoms with van der Waals surface area (Å²) >= 11 is 0. The summed E-state index contributed by atoms with van der Waals surface area (Å²) in [4.78, 5) is 14.4. The van der Waals surface area contributed by atoms with Crippen LogP contribution in [0.2, 0.25) is 0 Å². The fourth-order valence-corrected chi connectivity index (χ4v) is 2.87. The Labute approximate surface area is 112 Å². The summed E-state index contributed by atoms with van der Waals surface area (Å²) < 4.78 is 0. The van der Waals surface area contributed by atoms with E-state index in [1.807, 2.05) is 29.2 Å². The number of hydrogen-bond acceptors (Lipinski definition) is 2. The molecule has 3 heteroatoms. The average Bonchev–Trinajstić information content (AvgIpc) is 3.22. The fourth-order valence-electron chi connectivity index (χ4n) is 2.87. The minimum Gasteiger partial charge on any atom is -0.312 e. The molecule has 1 heterocycles. The van der Waals surface area contributed by atoms with Gasteiger partial charge in [-0.15, -0.1) is 0 Å². The molecule has 1 amide bonds. The van der Waals surface area contributed by atoms with Crippen molar-refractivity contribution in [3.63, 3.8) is 0 Å². The van der Waals surface area contributed by atoms with Crippen molar-refractivity contribution in [2.75, 3.05) is 18.0 Å². The van der Waals surface area contributed by atoms with Crippen LogP contribution in [-0.2, 0) is 0 Å². The normalized spacial score (nSPS) is 17.5. The minimum absolute atomic E-state index is 0.143. The summed E-state index contributed by atoms with van der Waals surface area (Å²) in [6, 6.07) is 12.8. The number of carbonyl (C=O) groups excluding carboxylic acids is 1. The molecule has 4 rings (SSSR count). The van der Waals surface area contributed by atoms with Gasteiger partial charge in [0, 0.05) is 30.1 Å². The van der Waals surface area contributed by atoms with Gasteiger partial charge in [0.05, 0.1) is 5.69 Å². The standard InChI is InChI=1S/C16H16N2O/c19-16-13-5-1-3-11-4-2-6-14(15(11)13)18(16)10-9-17-12-7-8-12/h1-6,12,17H,7-10H2. The van der Waals surface area contributed by atoms with Crippen LogP contribution in [0.1, 0.15) is 23.2 Å². The van der Waals surface area contributed by atoms with Gasteiger partial charge in [-0.3, -0.25) is 4.79 Å². The summed E-state index contributed by atoms with van der Waals surface area (Å²) in [5.41, 5.74) is 1.91. The van der Waals surface area contributed by atoms with Gasteiger partial charge in [-0.05, 0) is 30.4 Å². The molecule has 0 atom stereocenters. The molecular formula is C16H16N2O. The van der Waals surface area contributed by atoms with Crippen molar-refractivity contribution in [2.45, 2.75) is 18.9 Å². The van der Waals surface area contributed by atoms with E-state index in [1.54, 1.807) is 0 Å². The van der Waals surface area contributed by atoms with E-state index in [4.69, 9.17) is 0 Å². The highest BCUT2D eigenvalue weighted by Crippen LogP contribution is 2.36. The molecule has 1 N–H and O–H groups in total. The van der Waals surface area contributed by atoms with E-state index in [-0.39, 0.29) is 5.91 Å². The first-order valence-electron chi connectivity index (χ1n) is 6.91. The Morgan fingerprint density at radius 2 is 1.95 bits per heavy atom. The second-order valence-corrected chi connectivity index (χ2v) is 5.37. The number of rotatable bonds is 4. The summed E-state index contributed by atoms with van der Waals surface area (Å²) in [7, 11) is 0. The van der Waals surface area contributed by atoms with Gasteiger partial charge in [-0.25, -0.2) is 0 Å². The van der Waals surface area contributed by atoms with Gasteiger partial charge in [0.2, 0.25) is 0 Å². The van der Waals surface area contributed by atoms with Crippen molar-refractivity contribution in [3.05, 3.63) is 42.0 Å². The molecule has 3 nitrogen and oxygen atoms in total. The average molecular weight is 252 g/mol. The van der Waals surface area contributed by atoms with Crippen LogP contribution in [0.4, 0.5) is 5.69 Å². The number of anilines is 1. The lowest BCUT2D eigenvalue weighted by atomic mass is 10.1. The summed E-state index contributed by atoms with van der Waals surface area (Å²) in [6.45, 7) is 1.63. The van der Waals surface area contributed by atoms with Crippen LogP contribution >= 0.6 is 0 Å². The maximum atomic E-state index is 12.5. The first kappa shape index (κ1) is 11.0. The Bertz CT molecular complexity index is 656. The monoisotopic (exact) mass is 252 g/mol. The highest BCUT2D eigenvalue weighted by atomic mass is 16.2. The maximum absolute atomic E-state index is 12.5. The molecule has 0 bridgehead atoms. The highest BCUT2D eigenvalue weighted by Gasteiger charge is 2.29. The Morgan fingerprint density at radius 1 is 1.16 bits per heavy atom. The predicted octanol–water partition coefficient (Wildman–Crippen LogP) is 2.55. The lowest BCUT2D eigenvalue weighted by Gasteiger charge is -2.17. The van der Waals surface area contributed by atoms with E-state index in [2.05, 4.69) is 17.4 Å². The molecule has 1 aliphatic heterocycles. The largest absolute Gasteiger partial charge is 0.312 e. The molecule has 0 unspecified atom stereocenters. The molecule has 0 saturated heterocycles. The zero-order valence-corrected chi connectivity index (χ0v) is 10.7. The molecule has 2 aromatic rings. The summed E-state index contributed by atoms with van der Waals surface area (Å²) in [6.07, 6.45) is 2.56.